The van der Waals surface area contributed by atoms with Crippen LogP contribution in [-0.4, -0.2) is 0 Å². The molecule has 0 aliphatic heterocycles. The van der Waals surface area contributed by atoms with E-state index in [9.17, 15) is 0 Å². The zero-order valence-electron chi connectivity index (χ0n) is 32.3. The van der Waals surface area contributed by atoms with E-state index < -0.39 is 0 Å². The molecular weight excluding hydrogens is 649 g/mol. The summed E-state index contributed by atoms with van der Waals surface area (Å²) in [5, 5.41) is 0. The molecule has 8 rings (SSSR count). The van der Waals surface area contributed by atoms with Crippen LogP contribution in [0.5, 0.6) is 0 Å². The molecule has 2 aliphatic rings. The number of hydrogen-bond donors (Lipinski definition) is 0. The average molecular weight is 697 g/mol. The van der Waals surface area contributed by atoms with E-state index in [0.717, 1.165) is 0 Å². The van der Waals surface area contributed by atoms with E-state index in [-0.39, 0.29) is 0 Å². The van der Waals surface area contributed by atoms with E-state index in [1.54, 1.807) is 0 Å². The first kappa shape index (κ1) is 36.1. The normalized spacial score (nSPS) is 15.0. The van der Waals surface area contributed by atoms with E-state index in [2.05, 4.69) is 224 Å². The molecule has 0 spiro atoms. The van der Waals surface area contributed by atoms with Crippen LogP contribution in [0.1, 0.15) is 66.8 Å². The first-order valence-corrected chi connectivity index (χ1v) is 18.9. The molecule has 264 valence electrons. The van der Waals surface area contributed by atoms with Gasteiger partial charge in [-0.1, -0.05) is 157 Å². The summed E-state index contributed by atoms with van der Waals surface area (Å²) in [6.45, 7) is 13.1. The maximum atomic E-state index is 2.35. The predicted octanol–water partition coefficient (Wildman–Crippen LogP) is 14.4. The van der Waals surface area contributed by atoms with Gasteiger partial charge in [-0.05, 0) is 167 Å². The molecule has 0 N–H and O–H groups in total. The Balaban J connectivity index is 0.000000167. The van der Waals surface area contributed by atoms with E-state index in [1.165, 1.54) is 100 Å². The standard InChI is InChI=1S/2C27H24/c2*1-19-14-20(2)26(21(3)15-19)18-25-16-24(22-10-6-4-7-11-22)17-27(25)23-12-8-5-9-13-23/h2*4-18H,1-3H3/b2*25-18+. The van der Waals surface area contributed by atoms with Gasteiger partial charge in [0.2, 0.25) is 0 Å². The van der Waals surface area contributed by atoms with Crippen molar-refractivity contribution in [3.05, 3.63) is 248 Å². The average Bonchev–Trinajstić information content (AvgIpc) is 3.81. The van der Waals surface area contributed by atoms with Gasteiger partial charge in [-0.25, -0.2) is 0 Å². The number of hydrogen-bond acceptors (Lipinski definition) is 0. The lowest BCUT2D eigenvalue weighted by Gasteiger charge is -2.10. The molecule has 0 saturated carbocycles. The summed E-state index contributed by atoms with van der Waals surface area (Å²) >= 11 is 0. The van der Waals surface area contributed by atoms with Gasteiger partial charge in [-0.3, -0.25) is 0 Å². The molecule has 0 radical (unpaired) electrons. The third kappa shape index (κ3) is 8.20. The summed E-state index contributed by atoms with van der Waals surface area (Å²) in [7, 11) is 0. The van der Waals surface area contributed by atoms with Gasteiger partial charge in [-0.2, -0.15) is 0 Å². The largest absolute Gasteiger partial charge is 0.0622 e. The highest BCUT2D eigenvalue weighted by molar-refractivity contribution is 6.03. The van der Waals surface area contributed by atoms with Crippen molar-refractivity contribution in [1.29, 1.82) is 0 Å². The Morgan fingerprint density at radius 3 is 0.889 bits per heavy atom. The highest BCUT2D eigenvalue weighted by Gasteiger charge is 2.18. The van der Waals surface area contributed by atoms with Gasteiger partial charge in [0.25, 0.3) is 0 Å². The van der Waals surface area contributed by atoms with Gasteiger partial charge < -0.3 is 0 Å². The van der Waals surface area contributed by atoms with E-state index in [1.807, 2.05) is 0 Å². The highest BCUT2D eigenvalue weighted by atomic mass is 14.2. The third-order valence-electron chi connectivity index (χ3n) is 10.3. The van der Waals surface area contributed by atoms with Crippen LogP contribution >= 0.6 is 0 Å². The molecule has 0 atom stereocenters. The lowest BCUT2D eigenvalue weighted by molar-refractivity contribution is 1.30. The Hall–Kier alpha value is -6.24. The fourth-order valence-corrected chi connectivity index (χ4v) is 7.77. The van der Waals surface area contributed by atoms with E-state index >= 15 is 0 Å². The molecule has 0 nitrogen and oxygen atoms in total. The molecular formula is C54H48. The van der Waals surface area contributed by atoms with Crippen molar-refractivity contribution in [3.63, 3.8) is 0 Å². The first-order valence-electron chi connectivity index (χ1n) is 18.9. The molecule has 0 bridgehead atoms. The Kier molecular flexibility index (Phi) is 10.8. The lowest BCUT2D eigenvalue weighted by atomic mass is 9.94. The molecule has 2 aliphatic carbocycles. The summed E-state index contributed by atoms with van der Waals surface area (Å²) in [6, 6.07) is 51.6. The zero-order chi connectivity index (χ0) is 37.6. The maximum Gasteiger partial charge on any atom is -0.0105 e. The number of benzene rings is 6. The summed E-state index contributed by atoms with van der Waals surface area (Å²) in [5.41, 5.74) is 23.3. The molecule has 6 aromatic rings. The molecule has 0 amide bonds. The fourth-order valence-electron chi connectivity index (χ4n) is 7.77. The van der Waals surface area contributed by atoms with Crippen molar-refractivity contribution in [3.8, 4) is 0 Å². The van der Waals surface area contributed by atoms with Gasteiger partial charge >= 0.3 is 0 Å². The number of rotatable bonds is 6. The Morgan fingerprint density at radius 1 is 0.315 bits per heavy atom. The molecule has 0 heterocycles. The van der Waals surface area contributed by atoms with Crippen LogP contribution in [0.15, 0.2) is 181 Å². The summed E-state index contributed by atoms with van der Waals surface area (Å²) in [6.07, 6.45) is 14.0. The molecule has 54 heavy (non-hydrogen) atoms. The second-order valence-corrected chi connectivity index (χ2v) is 14.6. The quantitative estimate of drug-likeness (QED) is 0.163. The van der Waals surface area contributed by atoms with E-state index in [0.29, 0.717) is 0 Å². The van der Waals surface area contributed by atoms with Gasteiger partial charge in [0.05, 0.1) is 0 Å². The van der Waals surface area contributed by atoms with Crippen molar-refractivity contribution in [2.75, 3.05) is 0 Å². The van der Waals surface area contributed by atoms with Crippen LogP contribution in [0.2, 0.25) is 0 Å². The number of allylic oxidation sites excluding steroid dienone is 10. The Bertz CT molecular complexity index is 2260. The van der Waals surface area contributed by atoms with Gasteiger partial charge in [0, 0.05) is 0 Å². The molecule has 0 aromatic heterocycles. The van der Waals surface area contributed by atoms with Crippen molar-refractivity contribution in [2.45, 2.75) is 41.5 Å². The van der Waals surface area contributed by atoms with Crippen molar-refractivity contribution in [1.82, 2.24) is 0 Å². The van der Waals surface area contributed by atoms with Crippen LogP contribution in [0.25, 0.3) is 34.4 Å². The minimum absolute atomic E-state index is 1.26. The summed E-state index contributed by atoms with van der Waals surface area (Å²) in [5.74, 6) is 0. The molecule has 0 heteroatoms. The van der Waals surface area contributed by atoms with Crippen molar-refractivity contribution in [2.24, 2.45) is 0 Å². The third-order valence-corrected chi connectivity index (χ3v) is 10.3. The monoisotopic (exact) mass is 696 g/mol. The molecule has 6 aromatic carbocycles. The summed E-state index contributed by atoms with van der Waals surface area (Å²) < 4.78 is 0. The van der Waals surface area contributed by atoms with Crippen LogP contribution in [-0.2, 0) is 0 Å². The van der Waals surface area contributed by atoms with Crippen molar-refractivity contribution >= 4 is 34.4 Å². The maximum absolute atomic E-state index is 2.35. The Labute approximate surface area is 322 Å². The highest BCUT2D eigenvalue weighted by Crippen LogP contribution is 2.39. The number of aryl methyl sites for hydroxylation is 6. The van der Waals surface area contributed by atoms with Gasteiger partial charge in [-0.15, -0.1) is 0 Å². The summed E-state index contributed by atoms with van der Waals surface area (Å²) in [4.78, 5) is 0. The molecule has 0 saturated heterocycles. The predicted molar refractivity (Wildman–Crippen MR) is 235 cm³/mol. The van der Waals surface area contributed by atoms with Crippen LogP contribution < -0.4 is 0 Å². The second kappa shape index (κ2) is 16.2. The van der Waals surface area contributed by atoms with Crippen LogP contribution in [0.3, 0.4) is 0 Å². The first-order chi connectivity index (χ1) is 26.2. The van der Waals surface area contributed by atoms with Gasteiger partial charge in [0.1, 0.15) is 0 Å². The van der Waals surface area contributed by atoms with Crippen molar-refractivity contribution < 1.29 is 0 Å². The lowest BCUT2D eigenvalue weighted by Crippen LogP contribution is -1.91. The molecule has 0 fully saturated rings. The zero-order valence-corrected chi connectivity index (χ0v) is 32.3. The van der Waals surface area contributed by atoms with Crippen LogP contribution in [0.4, 0.5) is 0 Å². The second-order valence-electron chi connectivity index (χ2n) is 14.6. The fraction of sp³-hybridized carbons (Fsp3) is 0.111. The van der Waals surface area contributed by atoms with E-state index in [4.69, 9.17) is 0 Å². The topological polar surface area (TPSA) is 0 Å². The minimum Gasteiger partial charge on any atom is -0.0622 e. The molecule has 0 unspecified atom stereocenters. The smallest absolute Gasteiger partial charge is 0.0105 e. The SMILES string of the molecule is Cc1cc(C)c(/C=C2\C=C(c3ccccc3)C=C2c2ccccc2)c(C)c1.Cc1cc(C)c(/C=C2\C=C(c3ccccc3)C=C2c2ccccc2)c(C)c1. The van der Waals surface area contributed by atoms with Gasteiger partial charge in [0.15, 0.2) is 0 Å². The minimum atomic E-state index is 1.26. The Morgan fingerprint density at radius 2 is 0.593 bits per heavy atom. The van der Waals surface area contributed by atoms with Crippen LogP contribution in [0, 0.1) is 41.5 Å².